The summed E-state index contributed by atoms with van der Waals surface area (Å²) in [5.74, 6) is 2.09. The smallest absolute Gasteiger partial charge is 0.214 e. The highest BCUT2D eigenvalue weighted by atomic mass is 19.1. The van der Waals surface area contributed by atoms with Gasteiger partial charge in [-0.1, -0.05) is 118 Å². The zero-order chi connectivity index (χ0) is 63.5. The number of halogens is 2. The van der Waals surface area contributed by atoms with Gasteiger partial charge in [0.1, 0.15) is 35.8 Å². The van der Waals surface area contributed by atoms with Crippen LogP contribution in [0.3, 0.4) is 0 Å². The van der Waals surface area contributed by atoms with E-state index in [1.165, 1.54) is 165 Å². The second-order valence-electron chi connectivity index (χ2n) is 25.7. The summed E-state index contributed by atoms with van der Waals surface area (Å²) in [4.78, 5) is 49.8. The maximum atomic E-state index is 13.2. The number of nitrogens with one attached hydrogen (secondary N) is 1. The molecular formula is C77H103F2N11O2. The fourth-order valence-corrected chi connectivity index (χ4v) is 13.0. The predicted octanol–water partition coefficient (Wildman–Crippen LogP) is 14.6. The number of hydrogen-bond donors (Lipinski definition) is 1. The molecule has 8 heterocycles. The van der Waals surface area contributed by atoms with Crippen molar-refractivity contribution in [3.63, 3.8) is 0 Å². The molecule has 0 unspecified atom stereocenters. The summed E-state index contributed by atoms with van der Waals surface area (Å²) < 4.78 is 32.2. The van der Waals surface area contributed by atoms with Gasteiger partial charge in [0.25, 0.3) is 0 Å². The molecule has 5 aliphatic rings. The lowest BCUT2D eigenvalue weighted by molar-refractivity contribution is -0.123. The second kappa shape index (κ2) is 40.3. The molecule has 1 aliphatic carbocycles. The van der Waals surface area contributed by atoms with Gasteiger partial charge in [0.2, 0.25) is 5.88 Å². The molecule has 0 spiro atoms. The van der Waals surface area contributed by atoms with Crippen LogP contribution >= 0.6 is 0 Å². The molecule has 0 radical (unpaired) electrons. The van der Waals surface area contributed by atoms with Gasteiger partial charge in [-0.05, 0) is 189 Å². The van der Waals surface area contributed by atoms with Gasteiger partial charge in [0, 0.05) is 112 Å². The summed E-state index contributed by atoms with van der Waals surface area (Å²) in [5.41, 5.74) is 8.32. The topological polar surface area (TPSA) is 129 Å². The maximum absolute atomic E-state index is 13.2. The Balaban J connectivity index is 0.000000145. The predicted molar refractivity (Wildman–Crippen MR) is 367 cm³/mol. The lowest BCUT2D eigenvalue weighted by Gasteiger charge is -2.26. The number of pyridine rings is 2. The molecule has 12 rings (SSSR count). The van der Waals surface area contributed by atoms with Gasteiger partial charge in [0.05, 0.1) is 17.9 Å². The van der Waals surface area contributed by atoms with E-state index in [0.29, 0.717) is 37.0 Å². The van der Waals surface area contributed by atoms with Gasteiger partial charge in [-0.25, -0.2) is 33.7 Å². The van der Waals surface area contributed by atoms with E-state index < -0.39 is 11.6 Å². The molecule has 1 saturated carbocycles. The number of ether oxygens (including phenoxy) is 1. The van der Waals surface area contributed by atoms with Gasteiger partial charge in [-0.3, -0.25) is 14.7 Å². The highest BCUT2D eigenvalue weighted by Crippen LogP contribution is 2.26. The molecule has 4 aromatic heterocycles. The van der Waals surface area contributed by atoms with Crippen molar-refractivity contribution in [3.8, 4) is 5.88 Å². The molecule has 492 valence electrons. The number of aryl methyl sites for hydroxylation is 4. The number of Topliss-reactive ketones (excluding diaryl/α,β-unsaturated/α-hetero) is 1. The Labute approximate surface area is 548 Å². The average Bonchev–Trinajstić information content (AvgIpc) is 3.15. The van der Waals surface area contributed by atoms with Crippen molar-refractivity contribution in [2.24, 2.45) is 5.92 Å². The number of aromatic nitrogens is 6. The van der Waals surface area contributed by atoms with Crippen molar-refractivity contribution < 1.29 is 18.3 Å². The first kappa shape index (κ1) is 69.4. The first-order valence-corrected chi connectivity index (χ1v) is 35.2. The van der Waals surface area contributed by atoms with E-state index in [4.69, 9.17) is 14.7 Å². The summed E-state index contributed by atoms with van der Waals surface area (Å²) in [6.45, 7) is 13.9. The Bertz CT molecular complexity index is 3140. The Morgan fingerprint density at radius 3 is 1.49 bits per heavy atom. The number of carbonyl (C=O) groups excluding carboxylic acids is 1. The van der Waals surface area contributed by atoms with Crippen LogP contribution in [0.15, 0.2) is 140 Å². The SMILES string of the molecule is Fc1cc(F)cc(NCc2cccc(CCN3CCCCC3)n2)c1.O=C(Cc1cccc(OCN2CCCCC2)n1)C1CCCCC1.c1ccc(CCCc2ccnc(CCN3CCCCC3)n2)cc1.c1ccc(CCc2ccnc(CCN3CCCCC3)n2)cc1. The third-order valence-corrected chi connectivity index (χ3v) is 18.4. The van der Waals surface area contributed by atoms with Crippen LogP contribution in [0.2, 0.25) is 0 Å². The fraction of sp³-hybridized carbons (Fsp3) is 0.519. The standard InChI is InChI=1S/C20H27N3.C19H23F2N3.C19H25N3.C19H28N2O2/c1-3-8-18(9-4-1)10-7-11-19-12-14-21-20(22-19)13-17-23-15-5-2-6-16-23;20-15-11-16(21)13-19(12-15)22-14-18-6-4-5-17(23-18)7-10-24-8-2-1-3-9-24;1-3-7-17(8-4-1)9-10-18-11-13-20-19(21-18)12-16-22-14-5-2-6-15-22;22-18(16-8-3-1-4-9-16)14-17-10-7-11-19(20-17)23-15-21-12-5-2-6-13-21/h1,3-4,8-9,12,14H,2,5-7,10-11,13,15-17H2;4-6,11-13,22H,1-3,7-10,14H2;1,3-4,7-8,11,13H,2,5-6,9-10,12,14-16H2;7,10-11,16H,1-6,8-9,12-15H2. The highest BCUT2D eigenvalue weighted by Gasteiger charge is 2.22. The number of nitrogens with zero attached hydrogens (tertiary/aromatic N) is 10. The maximum Gasteiger partial charge on any atom is 0.214 e. The average molecular weight is 1250 g/mol. The van der Waals surface area contributed by atoms with Crippen LogP contribution in [-0.4, -0.2) is 134 Å². The van der Waals surface area contributed by atoms with Gasteiger partial charge >= 0.3 is 0 Å². The lowest BCUT2D eigenvalue weighted by Crippen LogP contribution is -2.33. The van der Waals surface area contributed by atoms with Crippen molar-refractivity contribution in [1.82, 2.24) is 49.5 Å². The largest absolute Gasteiger partial charge is 0.461 e. The molecule has 4 aliphatic heterocycles. The highest BCUT2D eigenvalue weighted by molar-refractivity contribution is 5.83. The number of anilines is 1. The van der Waals surface area contributed by atoms with Crippen LogP contribution in [-0.2, 0) is 62.7 Å². The quantitative estimate of drug-likeness (QED) is 0.0584. The zero-order valence-corrected chi connectivity index (χ0v) is 55.0. The molecule has 4 saturated heterocycles. The van der Waals surface area contributed by atoms with Crippen molar-refractivity contribution in [3.05, 3.63) is 203 Å². The van der Waals surface area contributed by atoms with Gasteiger partial charge < -0.3 is 24.8 Å². The minimum absolute atomic E-state index is 0.253. The molecule has 1 N–H and O–H groups in total. The molecule has 15 heteroatoms. The van der Waals surface area contributed by atoms with Crippen molar-refractivity contribution >= 4 is 11.5 Å². The van der Waals surface area contributed by atoms with Crippen LogP contribution in [0.4, 0.5) is 14.5 Å². The number of ketones is 1. The molecular weight excluding hydrogens is 1150 g/mol. The molecule has 3 aromatic carbocycles. The summed E-state index contributed by atoms with van der Waals surface area (Å²) >= 11 is 0. The van der Waals surface area contributed by atoms with Gasteiger partial charge in [-0.15, -0.1) is 0 Å². The molecule has 92 heavy (non-hydrogen) atoms. The Hall–Kier alpha value is -6.91. The summed E-state index contributed by atoms with van der Waals surface area (Å²) in [7, 11) is 0. The minimum Gasteiger partial charge on any atom is -0.461 e. The van der Waals surface area contributed by atoms with E-state index in [2.05, 4.69) is 112 Å². The van der Waals surface area contributed by atoms with E-state index >= 15 is 0 Å². The number of carbonyl (C=O) groups is 1. The van der Waals surface area contributed by atoms with E-state index in [1.54, 1.807) is 0 Å². The van der Waals surface area contributed by atoms with E-state index in [1.807, 2.05) is 54.9 Å². The van der Waals surface area contributed by atoms with E-state index in [-0.39, 0.29) is 5.92 Å². The second-order valence-corrected chi connectivity index (χ2v) is 25.7. The summed E-state index contributed by atoms with van der Waals surface area (Å²) in [5, 5.41) is 3.02. The van der Waals surface area contributed by atoms with Gasteiger partial charge in [-0.2, -0.15) is 0 Å². The minimum atomic E-state index is -0.583. The van der Waals surface area contributed by atoms with Crippen molar-refractivity contribution in [2.75, 3.05) is 84.0 Å². The number of hydrogen-bond acceptors (Lipinski definition) is 13. The Morgan fingerprint density at radius 1 is 0.435 bits per heavy atom. The third-order valence-electron chi connectivity index (χ3n) is 18.4. The number of piperidine rings is 4. The van der Waals surface area contributed by atoms with Crippen molar-refractivity contribution in [1.29, 1.82) is 0 Å². The molecule has 0 bridgehead atoms. The normalized spacial score (nSPS) is 16.8. The van der Waals surface area contributed by atoms with E-state index in [9.17, 15) is 13.6 Å². The Morgan fingerprint density at radius 2 is 0.913 bits per heavy atom. The number of likely N-dealkylation sites (tertiary alicyclic amines) is 4. The summed E-state index contributed by atoms with van der Waals surface area (Å²) in [6.07, 6.45) is 34.2. The number of rotatable bonds is 25. The Kier molecular flexibility index (Phi) is 30.4. The van der Waals surface area contributed by atoms with Crippen molar-refractivity contribution in [2.45, 2.75) is 173 Å². The monoisotopic (exact) mass is 1250 g/mol. The summed E-state index contributed by atoms with van der Waals surface area (Å²) in [6, 6.07) is 40.6. The van der Waals surface area contributed by atoms with Crippen LogP contribution in [0.1, 0.15) is 167 Å². The fourth-order valence-electron chi connectivity index (χ4n) is 13.0. The van der Waals surface area contributed by atoms with Crippen LogP contribution < -0.4 is 10.1 Å². The number of benzene rings is 3. The zero-order valence-electron chi connectivity index (χ0n) is 55.0. The molecule has 0 atom stereocenters. The van der Waals surface area contributed by atoms with Crippen LogP contribution in [0.25, 0.3) is 0 Å². The van der Waals surface area contributed by atoms with Crippen LogP contribution in [0, 0.1) is 17.6 Å². The van der Waals surface area contributed by atoms with Crippen LogP contribution in [0.5, 0.6) is 5.88 Å². The molecule has 0 amide bonds. The molecule has 13 nitrogen and oxygen atoms in total. The lowest BCUT2D eigenvalue weighted by atomic mass is 9.85. The van der Waals surface area contributed by atoms with E-state index in [0.717, 1.165) is 137 Å². The molecule has 7 aromatic rings. The van der Waals surface area contributed by atoms with Gasteiger partial charge in [0.15, 0.2) is 0 Å². The third kappa shape index (κ3) is 26.6. The molecule has 5 fully saturated rings. The first-order chi connectivity index (χ1) is 45.3. The first-order valence-electron chi connectivity index (χ1n) is 35.2.